The van der Waals surface area contributed by atoms with Gasteiger partial charge in [0.15, 0.2) is 0 Å². The van der Waals surface area contributed by atoms with Gasteiger partial charge in [-0.2, -0.15) is 5.10 Å². The first-order chi connectivity index (χ1) is 13.8. The summed E-state index contributed by atoms with van der Waals surface area (Å²) in [6.45, 7) is 6.46. The van der Waals surface area contributed by atoms with E-state index in [-0.39, 0.29) is 5.56 Å². The molecule has 1 aliphatic carbocycles. The molecule has 1 aromatic heterocycles. The molecule has 4 rings (SSSR count). The molecule has 2 heterocycles. The first kappa shape index (κ1) is 19.1. The molecule has 5 nitrogen and oxygen atoms in total. The van der Waals surface area contributed by atoms with Crippen LogP contribution in [0, 0.1) is 0 Å². The summed E-state index contributed by atoms with van der Waals surface area (Å²) in [5, 5.41) is 7.10. The number of aromatic amines is 1. The Morgan fingerprint density at radius 3 is 2.46 bits per heavy atom. The molecule has 1 aliphatic heterocycles. The Kier molecular flexibility index (Phi) is 6.34. The first-order valence-corrected chi connectivity index (χ1v) is 10.6. The molecule has 0 atom stereocenters. The lowest BCUT2D eigenvalue weighted by Crippen LogP contribution is -2.46. The molecule has 1 N–H and O–H groups in total. The maximum Gasteiger partial charge on any atom is 0.267 e. The third kappa shape index (κ3) is 4.78. The number of nitrogens with zero attached hydrogens (tertiary/aromatic N) is 3. The average molecular weight is 379 g/mol. The Hall–Kier alpha value is -2.24. The zero-order chi connectivity index (χ0) is 19.2. The molecule has 2 aromatic rings. The number of rotatable bonds is 6. The number of aromatic nitrogens is 2. The van der Waals surface area contributed by atoms with Gasteiger partial charge in [-0.15, -0.1) is 0 Å². The first-order valence-electron chi connectivity index (χ1n) is 10.6. The van der Waals surface area contributed by atoms with Crippen molar-refractivity contribution < 1.29 is 0 Å². The Bertz CT molecular complexity index is 851. The van der Waals surface area contributed by atoms with Crippen LogP contribution in [0.25, 0.3) is 6.08 Å². The second-order valence-electron chi connectivity index (χ2n) is 7.87. The summed E-state index contributed by atoms with van der Waals surface area (Å²) in [4.78, 5) is 17.0. The van der Waals surface area contributed by atoms with Crippen molar-refractivity contribution in [3.8, 4) is 0 Å². The highest BCUT2D eigenvalue weighted by Crippen LogP contribution is 2.20. The molecule has 0 unspecified atom stereocenters. The van der Waals surface area contributed by atoms with E-state index in [1.165, 1.54) is 17.5 Å². The normalized spacial score (nSPS) is 18.4. The summed E-state index contributed by atoms with van der Waals surface area (Å²) in [6, 6.07) is 10.5. The van der Waals surface area contributed by atoms with Crippen molar-refractivity contribution >= 4 is 6.08 Å². The van der Waals surface area contributed by atoms with Crippen molar-refractivity contribution in [1.29, 1.82) is 0 Å². The highest BCUT2D eigenvalue weighted by Gasteiger charge is 2.20. The van der Waals surface area contributed by atoms with Crippen molar-refractivity contribution in [2.24, 2.45) is 0 Å². The lowest BCUT2D eigenvalue weighted by Gasteiger charge is -2.34. The van der Waals surface area contributed by atoms with Crippen LogP contribution >= 0.6 is 0 Å². The number of hydrogen-bond donors (Lipinski definition) is 1. The molecule has 0 amide bonds. The standard InChI is InChI=1S/C23H30N4O/c28-23-21-11-5-4-10-20(21)22(24-25-23)12-14-27-17-15-26(16-18-27)13-6-9-19-7-2-1-3-8-19/h1-3,6-9H,4-5,10-18H2,(H,25,28). The maximum absolute atomic E-state index is 12.0. The fraction of sp³-hybridized carbons (Fsp3) is 0.478. The SMILES string of the molecule is O=c1[nH]nc(CCN2CCN(CC=Cc3ccccc3)CC2)c2c1CCCC2. The summed E-state index contributed by atoms with van der Waals surface area (Å²) in [6.07, 6.45) is 9.64. The number of nitrogens with one attached hydrogen (secondary N) is 1. The van der Waals surface area contributed by atoms with Gasteiger partial charge in [0.05, 0.1) is 5.69 Å². The summed E-state index contributed by atoms with van der Waals surface area (Å²) in [5.41, 5.74) is 4.63. The quantitative estimate of drug-likeness (QED) is 0.839. The van der Waals surface area contributed by atoms with E-state index >= 15 is 0 Å². The number of piperazine rings is 1. The van der Waals surface area contributed by atoms with E-state index in [1.807, 2.05) is 0 Å². The van der Waals surface area contributed by atoms with Gasteiger partial charge in [0.25, 0.3) is 5.56 Å². The molecular weight excluding hydrogens is 348 g/mol. The summed E-state index contributed by atoms with van der Waals surface area (Å²) < 4.78 is 0. The Morgan fingerprint density at radius 2 is 1.68 bits per heavy atom. The van der Waals surface area contributed by atoms with Gasteiger partial charge in [0.1, 0.15) is 0 Å². The molecule has 148 valence electrons. The molecule has 2 aliphatic rings. The van der Waals surface area contributed by atoms with Crippen LogP contribution in [0.15, 0.2) is 41.2 Å². The number of hydrogen-bond acceptors (Lipinski definition) is 4. The van der Waals surface area contributed by atoms with Crippen LogP contribution in [0.4, 0.5) is 0 Å². The minimum absolute atomic E-state index is 0.0237. The molecular formula is C23H30N4O. The van der Waals surface area contributed by atoms with Gasteiger partial charge in [0, 0.05) is 51.3 Å². The summed E-state index contributed by atoms with van der Waals surface area (Å²) >= 11 is 0. The van der Waals surface area contributed by atoms with E-state index in [0.29, 0.717) is 0 Å². The topological polar surface area (TPSA) is 52.2 Å². The van der Waals surface area contributed by atoms with Gasteiger partial charge >= 0.3 is 0 Å². The Labute approximate surface area is 167 Å². The molecule has 1 saturated heterocycles. The van der Waals surface area contributed by atoms with Crippen molar-refractivity contribution in [2.75, 3.05) is 39.3 Å². The van der Waals surface area contributed by atoms with Gasteiger partial charge in [-0.1, -0.05) is 42.5 Å². The van der Waals surface area contributed by atoms with Crippen molar-refractivity contribution in [3.63, 3.8) is 0 Å². The van der Waals surface area contributed by atoms with Gasteiger partial charge < -0.3 is 4.90 Å². The van der Waals surface area contributed by atoms with E-state index in [1.54, 1.807) is 0 Å². The zero-order valence-electron chi connectivity index (χ0n) is 16.6. The summed E-state index contributed by atoms with van der Waals surface area (Å²) in [5.74, 6) is 0. The Morgan fingerprint density at radius 1 is 0.964 bits per heavy atom. The number of benzene rings is 1. The summed E-state index contributed by atoms with van der Waals surface area (Å²) in [7, 11) is 0. The van der Waals surface area contributed by atoms with Crippen LogP contribution < -0.4 is 5.56 Å². The molecule has 0 bridgehead atoms. The van der Waals surface area contributed by atoms with Crippen LogP contribution in [0.5, 0.6) is 0 Å². The average Bonchev–Trinajstić information content (AvgIpc) is 2.75. The lowest BCUT2D eigenvalue weighted by molar-refractivity contribution is 0.143. The van der Waals surface area contributed by atoms with Gasteiger partial charge in [0.2, 0.25) is 0 Å². The molecule has 1 aromatic carbocycles. The largest absolute Gasteiger partial charge is 0.300 e. The molecule has 28 heavy (non-hydrogen) atoms. The van der Waals surface area contributed by atoms with E-state index in [2.05, 4.69) is 62.5 Å². The fourth-order valence-corrected chi connectivity index (χ4v) is 4.30. The van der Waals surface area contributed by atoms with Gasteiger partial charge in [-0.3, -0.25) is 9.69 Å². The van der Waals surface area contributed by atoms with Crippen LogP contribution in [-0.2, 0) is 19.3 Å². The predicted octanol–water partition coefficient (Wildman–Crippen LogP) is 2.52. The fourth-order valence-electron chi connectivity index (χ4n) is 4.30. The number of H-pyrrole nitrogens is 1. The monoisotopic (exact) mass is 378 g/mol. The number of fused-ring (bicyclic) bond motifs is 1. The zero-order valence-corrected chi connectivity index (χ0v) is 16.6. The van der Waals surface area contributed by atoms with Gasteiger partial charge in [-0.25, -0.2) is 5.10 Å². The highest BCUT2D eigenvalue weighted by molar-refractivity contribution is 5.48. The highest BCUT2D eigenvalue weighted by atomic mass is 16.1. The van der Waals surface area contributed by atoms with Crippen molar-refractivity contribution in [1.82, 2.24) is 20.0 Å². The second-order valence-corrected chi connectivity index (χ2v) is 7.87. The smallest absolute Gasteiger partial charge is 0.267 e. The van der Waals surface area contributed by atoms with Crippen molar-refractivity contribution in [2.45, 2.75) is 32.1 Å². The van der Waals surface area contributed by atoms with E-state index < -0.39 is 0 Å². The molecule has 0 radical (unpaired) electrons. The van der Waals surface area contributed by atoms with E-state index in [4.69, 9.17) is 0 Å². The Balaban J connectivity index is 1.24. The third-order valence-electron chi connectivity index (χ3n) is 5.99. The molecule has 0 saturated carbocycles. The maximum atomic E-state index is 12.0. The van der Waals surface area contributed by atoms with Crippen LogP contribution in [0.3, 0.4) is 0 Å². The van der Waals surface area contributed by atoms with Crippen LogP contribution in [0.2, 0.25) is 0 Å². The van der Waals surface area contributed by atoms with Gasteiger partial charge in [-0.05, 0) is 36.8 Å². The molecule has 0 spiro atoms. The second kappa shape index (κ2) is 9.30. The lowest BCUT2D eigenvalue weighted by atomic mass is 9.91. The minimum atomic E-state index is 0.0237. The van der Waals surface area contributed by atoms with Crippen LogP contribution in [0.1, 0.15) is 35.2 Å². The van der Waals surface area contributed by atoms with E-state index in [0.717, 1.165) is 76.2 Å². The third-order valence-corrected chi connectivity index (χ3v) is 5.99. The molecule has 5 heteroatoms. The minimum Gasteiger partial charge on any atom is -0.300 e. The van der Waals surface area contributed by atoms with Crippen LogP contribution in [-0.4, -0.2) is 59.3 Å². The van der Waals surface area contributed by atoms with Crippen molar-refractivity contribution in [3.05, 3.63) is 69.1 Å². The molecule has 1 fully saturated rings. The predicted molar refractivity (Wildman–Crippen MR) is 114 cm³/mol. The van der Waals surface area contributed by atoms with E-state index in [9.17, 15) is 4.79 Å².